The molecule has 0 unspecified atom stereocenters. The third kappa shape index (κ3) is 21.7. The molecule has 2 saturated carbocycles. The van der Waals surface area contributed by atoms with Crippen LogP contribution in [0.4, 0.5) is 0 Å². The van der Waals surface area contributed by atoms with Crippen molar-refractivity contribution in [3.05, 3.63) is 105 Å². The zero-order chi connectivity index (χ0) is 32.3. The summed E-state index contributed by atoms with van der Waals surface area (Å²) in [4.78, 5) is 34.7. The fourth-order valence-corrected chi connectivity index (χ4v) is 5.63. The van der Waals surface area contributed by atoms with Gasteiger partial charge < -0.3 is 83.7 Å². The van der Waals surface area contributed by atoms with Gasteiger partial charge in [0.25, 0.3) is 0 Å². The van der Waals surface area contributed by atoms with Gasteiger partial charge in [-0.25, -0.2) is 0 Å². The van der Waals surface area contributed by atoms with Gasteiger partial charge in [-0.05, 0) is 49.9 Å². The van der Waals surface area contributed by atoms with E-state index < -0.39 is 15.3 Å². The summed E-state index contributed by atoms with van der Waals surface area (Å²) in [6, 6.07) is 14.9. The van der Waals surface area contributed by atoms with Gasteiger partial charge in [0.2, 0.25) is 0 Å². The molecule has 1 aliphatic heterocycles. The molecular weight excluding hydrogens is 805 g/mol. The van der Waals surface area contributed by atoms with Crippen LogP contribution in [0.3, 0.4) is 0 Å². The van der Waals surface area contributed by atoms with Gasteiger partial charge in [-0.1, -0.05) is 37.8 Å². The first-order chi connectivity index (χ1) is 21.0. The molecule has 0 radical (unpaired) electrons. The van der Waals surface area contributed by atoms with Crippen molar-refractivity contribution >= 4 is 0 Å². The molecule has 0 saturated heterocycles. The van der Waals surface area contributed by atoms with Gasteiger partial charge in [0.1, 0.15) is 0 Å². The van der Waals surface area contributed by atoms with E-state index in [-0.39, 0.29) is 53.3 Å². The predicted octanol–water partition coefficient (Wildman–Crippen LogP) is -0.215. The number of fused-ring (bicyclic) bond motifs is 6. The topological polar surface area (TPSA) is 370 Å². The molecule has 0 amide bonds. The van der Waals surface area contributed by atoms with E-state index in [2.05, 4.69) is 57.7 Å². The van der Waals surface area contributed by atoms with Crippen LogP contribution in [0.5, 0.6) is 0 Å². The molecule has 280 valence electrons. The number of nitrogens with zero attached hydrogens (tertiary/aromatic N) is 5. The predicted molar refractivity (Wildman–Crippen MR) is 172 cm³/mol. The first-order valence-corrected chi connectivity index (χ1v) is 14.3. The minimum Gasteiger partial charge on any atom is -0.457 e. The fourth-order valence-electron chi connectivity index (χ4n) is 5.63. The molecule has 2 aromatic heterocycles. The number of pyridine rings is 2. The van der Waals surface area contributed by atoms with E-state index in [1.807, 2.05) is 0 Å². The molecule has 21 nitrogen and oxygen atoms in total. The molecule has 0 aromatic carbocycles. The van der Waals surface area contributed by atoms with Gasteiger partial charge >= 0.3 is 36.9 Å². The first-order valence-electron chi connectivity index (χ1n) is 14.3. The number of nitrogens with one attached hydrogen (secondary N) is 4. The van der Waals surface area contributed by atoms with E-state index in [9.17, 15) is 0 Å². The maximum atomic E-state index is 8.25. The molecule has 2 aromatic rings. The maximum absolute atomic E-state index is 8.25. The van der Waals surface area contributed by atoms with Crippen molar-refractivity contribution in [1.29, 1.82) is 0 Å². The van der Waals surface area contributed by atoms with E-state index in [0.717, 1.165) is 49.0 Å². The second-order valence-electron chi connectivity index (χ2n) is 10.4. The zero-order valence-corrected chi connectivity index (χ0v) is 27.7. The van der Waals surface area contributed by atoms with E-state index in [1.165, 1.54) is 51.4 Å². The standard InChI is InChI=1S/C26H38N6.Lu.3NO3.3H2O/c1-2-12-24-23(11-1)27-15-19-7-5-9-21(31-19)17-29-25-13-3-4-14-26(25)30-18-22-10-6-8-20(32-22)16-28-24;;3*2-1(3)4;;;/h5-10,23-30H,1-4,11-18H2;;;;;3*1H2/q;+3;3*-1;;;/p+2/t23-,24-,25-,26-;;;;;;;/m1......./s1. The van der Waals surface area contributed by atoms with Crippen molar-refractivity contribution in [2.75, 3.05) is 0 Å². The van der Waals surface area contributed by atoms with Crippen LogP contribution in [0.2, 0.25) is 0 Å². The molecular formula is C26H46LuN9O12+2. The minimum absolute atomic E-state index is 0. The molecule has 3 heterocycles. The Kier molecular flexibility index (Phi) is 28.5. The smallest absolute Gasteiger partial charge is 0.457 e. The van der Waals surface area contributed by atoms with Crippen molar-refractivity contribution in [3.63, 3.8) is 0 Å². The minimum atomic E-state index is -1.75. The van der Waals surface area contributed by atoms with Crippen molar-refractivity contribution in [2.24, 2.45) is 0 Å². The van der Waals surface area contributed by atoms with Crippen LogP contribution in [-0.4, -0.2) is 54.9 Å². The number of hydrogen-bond donors (Lipinski definition) is 4. The van der Waals surface area contributed by atoms with Gasteiger partial charge in [0.15, 0.2) is 0 Å². The van der Waals surface area contributed by atoms with Crippen molar-refractivity contribution in [3.8, 4) is 0 Å². The third-order valence-electron chi connectivity index (χ3n) is 7.44. The summed E-state index contributed by atoms with van der Waals surface area (Å²) < 4.78 is 0. The van der Waals surface area contributed by atoms with Crippen LogP contribution in [0.1, 0.15) is 74.1 Å². The first kappa shape index (κ1) is 49.2. The average molecular weight is 852 g/mol. The molecule has 5 rings (SSSR count). The Morgan fingerprint density at radius 1 is 0.500 bits per heavy atom. The fraction of sp³-hybridized carbons (Fsp3) is 0.615. The second-order valence-corrected chi connectivity index (χ2v) is 10.4. The van der Waals surface area contributed by atoms with Gasteiger partial charge in [-0.15, -0.1) is 0 Å². The maximum Gasteiger partial charge on any atom is 3.00 e. The zero-order valence-electron chi connectivity index (χ0n) is 26.1. The summed E-state index contributed by atoms with van der Waals surface area (Å²) >= 11 is 0. The van der Waals surface area contributed by atoms with Crippen LogP contribution < -0.4 is 21.3 Å². The van der Waals surface area contributed by atoms with E-state index in [4.69, 9.17) is 55.9 Å². The summed E-state index contributed by atoms with van der Waals surface area (Å²) in [7, 11) is 0. The third-order valence-corrected chi connectivity index (χ3v) is 7.44. The van der Waals surface area contributed by atoms with Crippen LogP contribution in [0.25, 0.3) is 0 Å². The Balaban J connectivity index is -0.00000110. The summed E-state index contributed by atoms with van der Waals surface area (Å²) in [5.74, 6) is 0. The Bertz CT molecular complexity index is 1020. The molecule has 4 bridgehead atoms. The van der Waals surface area contributed by atoms with Crippen molar-refractivity contribution in [1.82, 2.24) is 31.2 Å². The van der Waals surface area contributed by atoms with Crippen molar-refractivity contribution < 1.29 is 68.6 Å². The van der Waals surface area contributed by atoms with Gasteiger partial charge in [0.05, 0.1) is 38.0 Å². The SMILES string of the molecule is O.O=[N+]([O-])[O-].O=[N+]([O-])[O-].O=[N+]([O-])[O-].[Lu+3].[OH3+].[OH3+].c1cc2nc(c1)CN[C@@H]1CCCC[C@H]1NCc1cccc(n1)CN[C@@H]1CCCC[C@H]1NC2. The Labute approximate surface area is 305 Å². The molecule has 22 heteroatoms. The molecule has 4 atom stereocenters. The number of rotatable bonds is 0. The molecule has 0 spiro atoms. The Morgan fingerprint density at radius 2 is 0.688 bits per heavy atom. The van der Waals surface area contributed by atoms with E-state index >= 15 is 0 Å². The monoisotopic (exact) mass is 851 g/mol. The molecule has 12 N–H and O–H groups in total. The summed E-state index contributed by atoms with van der Waals surface area (Å²) in [5.41, 5.74) is 4.56. The van der Waals surface area contributed by atoms with E-state index in [0.29, 0.717) is 24.2 Å². The quantitative estimate of drug-likeness (QED) is 0.151. The summed E-state index contributed by atoms with van der Waals surface area (Å²) in [5, 5.41) is 59.5. The number of hydrogen-bond acceptors (Lipinski definition) is 15. The summed E-state index contributed by atoms with van der Waals surface area (Å²) in [6.07, 6.45) is 10.1. The summed E-state index contributed by atoms with van der Waals surface area (Å²) in [6.45, 7) is 3.33. The number of aromatic nitrogens is 2. The van der Waals surface area contributed by atoms with E-state index in [1.54, 1.807) is 0 Å². The Morgan fingerprint density at radius 3 is 0.875 bits per heavy atom. The van der Waals surface area contributed by atoms with Crippen LogP contribution in [0, 0.1) is 82.8 Å². The second kappa shape index (κ2) is 27.8. The van der Waals surface area contributed by atoms with Gasteiger partial charge in [-0.2, -0.15) is 0 Å². The van der Waals surface area contributed by atoms with Crippen LogP contribution in [-0.2, 0) is 37.1 Å². The van der Waals surface area contributed by atoms with Crippen LogP contribution >= 0.6 is 0 Å². The normalized spacial score (nSPS) is 21.3. The molecule has 48 heavy (non-hydrogen) atoms. The average Bonchev–Trinajstić information content (AvgIpc) is 2.97. The Hall–Kier alpha value is -3.15. The van der Waals surface area contributed by atoms with Gasteiger partial charge in [0, 0.05) is 50.3 Å². The van der Waals surface area contributed by atoms with Crippen LogP contribution in [0.15, 0.2) is 36.4 Å². The molecule has 2 fully saturated rings. The van der Waals surface area contributed by atoms with Gasteiger partial charge in [-0.3, -0.25) is 9.97 Å². The largest absolute Gasteiger partial charge is 3.00 e. The molecule has 2 aliphatic carbocycles. The van der Waals surface area contributed by atoms with Crippen molar-refractivity contribution in [2.45, 2.75) is 102 Å². The molecule has 3 aliphatic rings.